The Bertz CT molecular complexity index is 432. The fourth-order valence-corrected chi connectivity index (χ4v) is 1.58. The highest BCUT2D eigenvalue weighted by Gasteiger charge is 2.05. The average molecular weight is 424 g/mol. The second kappa shape index (κ2) is 13.5. The van der Waals surface area contributed by atoms with E-state index in [1.807, 2.05) is 12.1 Å². The van der Waals surface area contributed by atoms with Crippen molar-refractivity contribution < 1.29 is 14.2 Å². The molecule has 0 unspecified atom stereocenters. The number of hydrogen-bond acceptors (Lipinski definition) is 5. The minimum Gasteiger partial charge on any atom is -0.475 e. The summed E-state index contributed by atoms with van der Waals surface area (Å²) in [4.78, 5) is 8.37. The van der Waals surface area contributed by atoms with E-state index < -0.39 is 0 Å². The lowest BCUT2D eigenvalue weighted by molar-refractivity contribution is 0.143. The van der Waals surface area contributed by atoms with Crippen molar-refractivity contribution in [1.82, 2.24) is 15.6 Å². The molecular formula is C14H25IN4O3. The fraction of sp³-hybridized carbons (Fsp3) is 0.571. The number of nitrogens with zero attached hydrogens (tertiary/aromatic N) is 2. The molecule has 0 spiro atoms. The zero-order valence-electron chi connectivity index (χ0n) is 13.3. The van der Waals surface area contributed by atoms with Crippen LogP contribution in [0.25, 0.3) is 0 Å². The van der Waals surface area contributed by atoms with Crippen LogP contribution in [-0.2, 0) is 16.0 Å². The molecule has 1 aromatic rings. The summed E-state index contributed by atoms with van der Waals surface area (Å²) in [6.45, 7) is 2.90. The maximum Gasteiger partial charge on any atom is 0.218 e. The van der Waals surface area contributed by atoms with Crippen LogP contribution in [0.2, 0.25) is 0 Å². The molecule has 0 radical (unpaired) electrons. The van der Waals surface area contributed by atoms with Gasteiger partial charge < -0.3 is 24.8 Å². The van der Waals surface area contributed by atoms with Crippen molar-refractivity contribution in [1.29, 1.82) is 0 Å². The van der Waals surface area contributed by atoms with Gasteiger partial charge in [-0.1, -0.05) is 6.07 Å². The van der Waals surface area contributed by atoms with Crippen LogP contribution in [-0.4, -0.2) is 58.6 Å². The van der Waals surface area contributed by atoms with Gasteiger partial charge in [0.2, 0.25) is 5.88 Å². The lowest BCUT2D eigenvalue weighted by Crippen LogP contribution is -2.38. The van der Waals surface area contributed by atoms with Crippen molar-refractivity contribution in [2.24, 2.45) is 4.99 Å². The molecule has 0 aliphatic heterocycles. The van der Waals surface area contributed by atoms with Crippen molar-refractivity contribution in [3.05, 3.63) is 23.9 Å². The SMILES string of the molecule is CN=C(NCCOC)NCc1cccnc1OCCOC.I. The summed E-state index contributed by atoms with van der Waals surface area (Å²) >= 11 is 0. The summed E-state index contributed by atoms with van der Waals surface area (Å²) in [7, 11) is 5.03. The summed E-state index contributed by atoms with van der Waals surface area (Å²) in [5, 5.41) is 6.35. The number of halogens is 1. The van der Waals surface area contributed by atoms with E-state index in [9.17, 15) is 0 Å². The lowest BCUT2D eigenvalue weighted by atomic mass is 10.2. The molecule has 0 aliphatic carbocycles. The van der Waals surface area contributed by atoms with Gasteiger partial charge in [0.1, 0.15) is 6.61 Å². The molecule has 1 heterocycles. The van der Waals surface area contributed by atoms with Crippen molar-refractivity contribution in [3.8, 4) is 5.88 Å². The number of hydrogen-bond donors (Lipinski definition) is 2. The molecule has 0 amide bonds. The van der Waals surface area contributed by atoms with Crippen LogP contribution in [0, 0.1) is 0 Å². The first-order valence-corrected chi connectivity index (χ1v) is 6.81. The standard InChI is InChI=1S/C14H24N4O3.HI/c1-15-14(17-7-8-19-2)18-11-12-5-4-6-16-13(12)21-10-9-20-3;/h4-6H,7-11H2,1-3H3,(H2,15,17,18);1H. The maximum absolute atomic E-state index is 5.59. The molecule has 1 aromatic heterocycles. The topological polar surface area (TPSA) is 77.0 Å². The van der Waals surface area contributed by atoms with Crippen LogP contribution in [0.4, 0.5) is 0 Å². The summed E-state index contributed by atoms with van der Waals surface area (Å²) in [6, 6.07) is 3.84. The van der Waals surface area contributed by atoms with Crippen LogP contribution in [0.5, 0.6) is 5.88 Å². The largest absolute Gasteiger partial charge is 0.475 e. The summed E-state index contributed by atoms with van der Waals surface area (Å²) in [5.41, 5.74) is 0.961. The first-order chi connectivity index (χ1) is 10.3. The van der Waals surface area contributed by atoms with Gasteiger partial charge in [-0.15, -0.1) is 24.0 Å². The highest BCUT2D eigenvalue weighted by Crippen LogP contribution is 2.13. The zero-order valence-corrected chi connectivity index (χ0v) is 15.6. The van der Waals surface area contributed by atoms with E-state index in [0.717, 1.165) is 5.56 Å². The molecule has 0 bridgehead atoms. The Morgan fingerprint density at radius 3 is 2.64 bits per heavy atom. The van der Waals surface area contributed by atoms with Crippen LogP contribution in [0.1, 0.15) is 5.56 Å². The molecule has 22 heavy (non-hydrogen) atoms. The smallest absolute Gasteiger partial charge is 0.218 e. The summed E-state index contributed by atoms with van der Waals surface area (Å²) in [6.07, 6.45) is 1.71. The molecule has 1 rings (SSSR count). The van der Waals surface area contributed by atoms with Crippen LogP contribution in [0.15, 0.2) is 23.3 Å². The second-order valence-electron chi connectivity index (χ2n) is 4.15. The first-order valence-electron chi connectivity index (χ1n) is 6.81. The van der Waals surface area contributed by atoms with E-state index >= 15 is 0 Å². The highest BCUT2D eigenvalue weighted by atomic mass is 127. The van der Waals surface area contributed by atoms with Gasteiger partial charge in [0.05, 0.1) is 13.2 Å². The molecule has 0 atom stereocenters. The number of aliphatic imine (C=N–C) groups is 1. The number of aromatic nitrogens is 1. The van der Waals surface area contributed by atoms with Crippen molar-refractivity contribution in [2.75, 3.05) is 47.6 Å². The predicted molar refractivity (Wildman–Crippen MR) is 97.1 cm³/mol. The van der Waals surface area contributed by atoms with Gasteiger partial charge in [-0.3, -0.25) is 4.99 Å². The molecular weight excluding hydrogens is 399 g/mol. The Balaban J connectivity index is 0.00000441. The molecule has 0 aliphatic rings. The van der Waals surface area contributed by atoms with E-state index in [1.165, 1.54) is 0 Å². The van der Waals surface area contributed by atoms with E-state index in [4.69, 9.17) is 14.2 Å². The number of pyridine rings is 1. The van der Waals surface area contributed by atoms with Crippen LogP contribution in [0.3, 0.4) is 0 Å². The van der Waals surface area contributed by atoms with Gasteiger partial charge >= 0.3 is 0 Å². The number of methoxy groups -OCH3 is 2. The lowest BCUT2D eigenvalue weighted by Gasteiger charge is -2.13. The monoisotopic (exact) mass is 424 g/mol. The Hall–Kier alpha value is -1.13. The van der Waals surface area contributed by atoms with Gasteiger partial charge in [-0.05, 0) is 6.07 Å². The van der Waals surface area contributed by atoms with Crippen molar-refractivity contribution >= 4 is 29.9 Å². The number of rotatable bonds is 9. The summed E-state index contributed by atoms with van der Waals surface area (Å²) in [5.74, 6) is 1.31. The molecule has 8 heteroatoms. The predicted octanol–water partition coefficient (Wildman–Crippen LogP) is 1.04. The maximum atomic E-state index is 5.59. The Kier molecular flexibility index (Phi) is 12.8. The minimum absolute atomic E-state index is 0. The van der Waals surface area contributed by atoms with Crippen molar-refractivity contribution in [3.63, 3.8) is 0 Å². The number of ether oxygens (including phenoxy) is 3. The van der Waals surface area contributed by atoms with E-state index in [2.05, 4.69) is 20.6 Å². The number of guanidine groups is 1. The molecule has 0 saturated carbocycles. The Morgan fingerprint density at radius 2 is 1.95 bits per heavy atom. The van der Waals surface area contributed by atoms with Gasteiger partial charge in [0, 0.05) is 46.1 Å². The van der Waals surface area contributed by atoms with Gasteiger partial charge in [-0.25, -0.2) is 4.98 Å². The Labute approximate surface area is 148 Å². The molecule has 0 fully saturated rings. The molecule has 126 valence electrons. The normalized spacial score (nSPS) is 10.8. The second-order valence-corrected chi connectivity index (χ2v) is 4.15. The van der Waals surface area contributed by atoms with Crippen LogP contribution >= 0.6 is 24.0 Å². The number of nitrogens with one attached hydrogen (secondary N) is 2. The molecule has 0 saturated heterocycles. The van der Waals surface area contributed by atoms with E-state index in [0.29, 0.717) is 44.7 Å². The fourth-order valence-electron chi connectivity index (χ4n) is 1.58. The third kappa shape index (κ3) is 8.35. The molecule has 2 N–H and O–H groups in total. The third-order valence-electron chi connectivity index (χ3n) is 2.64. The van der Waals surface area contributed by atoms with Gasteiger partial charge in [0.25, 0.3) is 0 Å². The van der Waals surface area contributed by atoms with E-state index in [1.54, 1.807) is 27.5 Å². The zero-order chi connectivity index (χ0) is 15.3. The highest BCUT2D eigenvalue weighted by molar-refractivity contribution is 14.0. The molecule has 7 nitrogen and oxygen atoms in total. The first kappa shape index (κ1) is 20.9. The van der Waals surface area contributed by atoms with Crippen molar-refractivity contribution in [2.45, 2.75) is 6.54 Å². The Morgan fingerprint density at radius 1 is 1.18 bits per heavy atom. The third-order valence-corrected chi connectivity index (χ3v) is 2.64. The van der Waals surface area contributed by atoms with Gasteiger partial charge in [0.15, 0.2) is 5.96 Å². The van der Waals surface area contributed by atoms with E-state index in [-0.39, 0.29) is 24.0 Å². The summed E-state index contributed by atoms with van der Waals surface area (Å²) < 4.78 is 15.5. The van der Waals surface area contributed by atoms with Gasteiger partial charge in [-0.2, -0.15) is 0 Å². The molecule has 0 aromatic carbocycles. The minimum atomic E-state index is 0. The van der Waals surface area contributed by atoms with Crippen LogP contribution < -0.4 is 15.4 Å². The quantitative estimate of drug-likeness (QED) is 0.267. The average Bonchev–Trinajstić information content (AvgIpc) is 2.52.